The molecule has 0 atom stereocenters. The van der Waals surface area contributed by atoms with Gasteiger partial charge in [0.25, 0.3) is 0 Å². The van der Waals surface area contributed by atoms with Crippen molar-refractivity contribution in [2.45, 2.75) is 114 Å². The van der Waals surface area contributed by atoms with Crippen LogP contribution in [-0.2, 0) is 11.2 Å². The molecular weight excluding hydrogens is 745 g/mol. The van der Waals surface area contributed by atoms with E-state index >= 15 is 0 Å². The van der Waals surface area contributed by atoms with Crippen molar-refractivity contribution in [2.24, 2.45) is 0 Å². The quantitative estimate of drug-likeness (QED) is 0.187. The molecule has 0 bridgehead atoms. The molecule has 2 spiro atoms. The van der Waals surface area contributed by atoms with Crippen molar-refractivity contribution < 1.29 is 9.47 Å². The molecule has 6 heterocycles. The third-order valence-corrected chi connectivity index (χ3v) is 17.6. The lowest BCUT2D eigenvalue weighted by atomic mass is 9.76. The maximum atomic E-state index is 9.60. The van der Waals surface area contributed by atoms with Gasteiger partial charge >= 0.3 is 0 Å². The molecule has 54 heavy (non-hydrogen) atoms. The second-order valence-corrected chi connectivity index (χ2v) is 19.6. The predicted octanol–water partition coefficient (Wildman–Crippen LogP) is 13.3. The van der Waals surface area contributed by atoms with E-state index in [1.807, 2.05) is 45.3 Å². The van der Waals surface area contributed by atoms with E-state index in [4.69, 9.17) is 9.47 Å². The van der Waals surface area contributed by atoms with E-state index in [-0.39, 0.29) is 22.3 Å². The van der Waals surface area contributed by atoms with E-state index in [9.17, 15) is 21.0 Å². The van der Waals surface area contributed by atoms with Gasteiger partial charge in [0.2, 0.25) is 0 Å². The average Bonchev–Trinajstić information content (AvgIpc) is 3.99. The van der Waals surface area contributed by atoms with E-state index < -0.39 is 0 Å². The number of ether oxygens (including phenoxy) is 2. The second kappa shape index (κ2) is 13.1. The summed E-state index contributed by atoms with van der Waals surface area (Å²) in [5.74, 6) is 1.98. The number of allylic oxidation sites excluding steroid dienone is 8. The van der Waals surface area contributed by atoms with Crippen LogP contribution in [0, 0.1) is 45.3 Å². The van der Waals surface area contributed by atoms with Gasteiger partial charge in [-0.05, 0) is 124 Å². The summed E-state index contributed by atoms with van der Waals surface area (Å²) in [6.07, 6.45) is 20.5. The fourth-order valence-electron chi connectivity index (χ4n) is 9.86. The molecule has 268 valence electrons. The third-order valence-electron chi connectivity index (χ3n) is 12.4. The van der Waals surface area contributed by atoms with Crippen LogP contribution in [0.3, 0.4) is 0 Å². The smallest absolute Gasteiger partial charge is 0.140 e. The first-order valence-corrected chi connectivity index (χ1v) is 22.5. The highest BCUT2D eigenvalue weighted by atomic mass is 32.1. The Morgan fingerprint density at radius 3 is 1.30 bits per heavy atom. The Labute approximate surface area is 331 Å². The number of thiophene rings is 4. The molecule has 4 aromatic heterocycles. The normalized spacial score (nSPS) is 20.4. The van der Waals surface area contributed by atoms with Crippen molar-refractivity contribution in [2.75, 3.05) is 0 Å². The maximum absolute atomic E-state index is 9.60. The molecule has 4 aliphatic carbocycles. The lowest BCUT2D eigenvalue weighted by Crippen LogP contribution is -2.37. The van der Waals surface area contributed by atoms with Crippen LogP contribution in [0.25, 0.3) is 40.1 Å². The minimum absolute atomic E-state index is 0.223. The molecule has 6 nitrogen and oxygen atoms in total. The summed E-state index contributed by atoms with van der Waals surface area (Å²) in [5, 5.41) is 38.4. The van der Waals surface area contributed by atoms with Gasteiger partial charge in [0, 0.05) is 20.9 Å². The summed E-state index contributed by atoms with van der Waals surface area (Å²) in [6.45, 7) is 0. The molecule has 2 saturated carbocycles. The Balaban J connectivity index is 1.15. The monoisotopic (exact) mass is 780 g/mol. The zero-order valence-electron chi connectivity index (χ0n) is 29.9. The topological polar surface area (TPSA) is 114 Å². The third kappa shape index (κ3) is 5.15. The van der Waals surface area contributed by atoms with Crippen molar-refractivity contribution in [3.63, 3.8) is 0 Å². The summed E-state index contributed by atoms with van der Waals surface area (Å²) >= 11 is 7.54. The molecule has 2 aliphatic heterocycles. The van der Waals surface area contributed by atoms with Gasteiger partial charge in [0.15, 0.2) is 0 Å². The van der Waals surface area contributed by atoms with Crippen molar-refractivity contribution in [1.29, 1.82) is 21.0 Å². The Bertz CT molecular complexity index is 2370. The van der Waals surface area contributed by atoms with Crippen LogP contribution in [0.5, 0.6) is 11.5 Å². The number of fused-ring (bicyclic) bond motifs is 11. The largest absolute Gasteiger partial charge is 0.481 e. The molecule has 0 saturated heterocycles. The van der Waals surface area contributed by atoms with Gasteiger partial charge in [-0.25, -0.2) is 0 Å². The maximum Gasteiger partial charge on any atom is 0.140 e. The van der Waals surface area contributed by atoms with E-state index in [0.29, 0.717) is 0 Å². The summed E-state index contributed by atoms with van der Waals surface area (Å²) in [4.78, 5) is 7.51. The van der Waals surface area contributed by atoms with E-state index in [1.54, 1.807) is 0 Å². The lowest BCUT2D eigenvalue weighted by Gasteiger charge is -2.41. The van der Waals surface area contributed by atoms with Crippen LogP contribution in [-0.4, -0.2) is 0 Å². The predicted molar refractivity (Wildman–Crippen MR) is 217 cm³/mol. The first kappa shape index (κ1) is 34.1. The molecule has 0 radical (unpaired) electrons. The van der Waals surface area contributed by atoms with Crippen LogP contribution < -0.4 is 9.47 Å². The van der Waals surface area contributed by atoms with Crippen molar-refractivity contribution in [3.8, 4) is 55.3 Å². The van der Waals surface area contributed by atoms with Crippen molar-refractivity contribution in [3.05, 3.63) is 67.5 Å². The van der Waals surface area contributed by atoms with Gasteiger partial charge in [-0.15, -0.1) is 45.3 Å². The first-order valence-electron chi connectivity index (χ1n) is 19.2. The summed E-state index contributed by atoms with van der Waals surface area (Å²) < 4.78 is 17.4. The second-order valence-electron chi connectivity index (χ2n) is 15.5. The molecule has 0 amide bonds. The minimum atomic E-state index is -0.357. The van der Waals surface area contributed by atoms with Gasteiger partial charge < -0.3 is 9.47 Å². The Morgan fingerprint density at radius 1 is 0.500 bits per heavy atom. The SMILES string of the molecule is N#CC(C#N)=C1C=C(c2cc3c(s2)-c2sc4c5c(sc4c2C2(CCCCC2)O3)-c2sc(C3=CC(=C(C#N)C#N)CCC3)cc2OC52CCCCC2)CCC1. The van der Waals surface area contributed by atoms with E-state index in [1.165, 1.54) is 73.8 Å². The Morgan fingerprint density at radius 2 is 0.907 bits per heavy atom. The highest BCUT2D eigenvalue weighted by Gasteiger charge is 2.50. The van der Waals surface area contributed by atoms with Crippen molar-refractivity contribution in [1.82, 2.24) is 0 Å². The molecule has 10 heteroatoms. The van der Waals surface area contributed by atoms with E-state index in [0.717, 1.165) is 113 Å². The van der Waals surface area contributed by atoms with Crippen LogP contribution in [0.1, 0.15) is 124 Å². The van der Waals surface area contributed by atoms with Gasteiger partial charge in [-0.2, -0.15) is 21.0 Å². The van der Waals surface area contributed by atoms with E-state index in [2.05, 4.69) is 48.6 Å². The molecule has 10 rings (SSSR count). The minimum Gasteiger partial charge on any atom is -0.481 e. The highest BCUT2D eigenvalue weighted by Crippen LogP contribution is 2.66. The van der Waals surface area contributed by atoms with Gasteiger partial charge in [-0.3, -0.25) is 0 Å². The Hall–Kier alpha value is -4.42. The van der Waals surface area contributed by atoms with Crippen LogP contribution in [0.2, 0.25) is 0 Å². The molecule has 2 fully saturated rings. The molecule has 4 aromatic rings. The van der Waals surface area contributed by atoms with Crippen LogP contribution in [0.15, 0.2) is 46.6 Å². The number of hydrogen-bond donors (Lipinski definition) is 0. The molecular formula is C44H36N4O2S4. The zero-order chi connectivity index (χ0) is 36.6. The lowest BCUT2D eigenvalue weighted by molar-refractivity contribution is 0.0257. The number of hydrogen-bond acceptors (Lipinski definition) is 10. The number of nitriles is 4. The van der Waals surface area contributed by atoms with Gasteiger partial charge in [-0.1, -0.05) is 25.0 Å². The fraction of sp³-hybridized carbons (Fsp3) is 0.409. The molecule has 0 N–H and O–H groups in total. The van der Waals surface area contributed by atoms with Gasteiger partial charge in [0.1, 0.15) is 58.1 Å². The van der Waals surface area contributed by atoms with Crippen LogP contribution in [0.4, 0.5) is 0 Å². The number of nitrogens with zero attached hydrogens (tertiary/aromatic N) is 4. The summed E-state index contributed by atoms with van der Waals surface area (Å²) in [6, 6.07) is 12.9. The summed E-state index contributed by atoms with van der Waals surface area (Å²) in [7, 11) is 0. The first-order chi connectivity index (χ1) is 26.5. The number of rotatable bonds is 2. The molecule has 0 unspecified atom stereocenters. The standard InChI is InChI=1S/C44H36N4O2S4/c45-21-29(22-46)25-9-7-11-27(17-25)33-19-31-37(51-33)39-35(43(49-31)13-3-1-4-14-43)41-42(53-39)36-40(54-41)38-32(50-44(36)15-5-2-6-16-44)20-34(52-38)28-12-8-10-26(18-28)30(23-47)24-48/h17-20H,1-16H2. The van der Waals surface area contributed by atoms with Crippen LogP contribution >= 0.6 is 45.3 Å². The fourth-order valence-corrected chi connectivity index (χ4v) is 15.6. The summed E-state index contributed by atoms with van der Waals surface area (Å²) in [5.41, 5.74) is 6.61. The zero-order valence-corrected chi connectivity index (χ0v) is 33.1. The Kier molecular flexibility index (Phi) is 8.28. The molecule has 6 aliphatic rings. The highest BCUT2D eigenvalue weighted by molar-refractivity contribution is 7.34. The molecule has 0 aromatic carbocycles. The van der Waals surface area contributed by atoms with Crippen molar-refractivity contribution >= 4 is 65.9 Å². The average molecular weight is 781 g/mol. The van der Waals surface area contributed by atoms with Gasteiger partial charge in [0.05, 0.1) is 28.9 Å².